The molecule has 2 amide bonds. The van der Waals surface area contributed by atoms with Crippen molar-refractivity contribution < 1.29 is 18.7 Å². The second-order valence-electron chi connectivity index (χ2n) is 6.42. The van der Waals surface area contributed by atoms with Gasteiger partial charge in [0.25, 0.3) is 5.91 Å². The fraction of sp³-hybridized carbons (Fsp3) is 0.130. The van der Waals surface area contributed by atoms with Gasteiger partial charge in [-0.05, 0) is 48.0 Å². The van der Waals surface area contributed by atoms with Crippen molar-refractivity contribution in [3.8, 4) is 5.75 Å². The first-order chi connectivity index (χ1) is 14.0. The number of hydrogen-bond acceptors (Lipinski definition) is 3. The molecule has 3 rings (SSSR count). The molecule has 0 spiro atoms. The predicted molar refractivity (Wildman–Crippen MR) is 109 cm³/mol. The molecule has 0 aromatic heterocycles. The minimum absolute atomic E-state index is 0.103. The van der Waals surface area contributed by atoms with E-state index < -0.39 is 0 Å². The number of nitrogens with one attached hydrogen (secondary N) is 2. The molecule has 0 aliphatic heterocycles. The van der Waals surface area contributed by atoms with Crippen LogP contribution in [0.3, 0.4) is 0 Å². The summed E-state index contributed by atoms with van der Waals surface area (Å²) in [5.41, 5.74) is 2.30. The van der Waals surface area contributed by atoms with Crippen molar-refractivity contribution in [3.05, 3.63) is 95.3 Å². The van der Waals surface area contributed by atoms with E-state index in [2.05, 4.69) is 10.6 Å². The average molecular weight is 392 g/mol. The zero-order chi connectivity index (χ0) is 20.6. The third-order valence-corrected chi connectivity index (χ3v) is 4.35. The van der Waals surface area contributed by atoms with E-state index in [1.54, 1.807) is 61.7 Å². The van der Waals surface area contributed by atoms with Crippen LogP contribution in [0.15, 0.2) is 72.8 Å². The van der Waals surface area contributed by atoms with Crippen LogP contribution in [0.5, 0.6) is 5.75 Å². The Kier molecular flexibility index (Phi) is 6.58. The van der Waals surface area contributed by atoms with Gasteiger partial charge in [0.05, 0.1) is 13.5 Å². The summed E-state index contributed by atoms with van der Waals surface area (Å²) in [6, 6.07) is 20.1. The lowest BCUT2D eigenvalue weighted by molar-refractivity contribution is -0.115. The van der Waals surface area contributed by atoms with E-state index in [4.69, 9.17) is 4.74 Å². The Hall–Kier alpha value is -3.67. The molecule has 29 heavy (non-hydrogen) atoms. The van der Waals surface area contributed by atoms with Gasteiger partial charge < -0.3 is 15.4 Å². The van der Waals surface area contributed by atoms with Crippen LogP contribution in [0.2, 0.25) is 0 Å². The molecular weight excluding hydrogens is 371 g/mol. The monoisotopic (exact) mass is 392 g/mol. The molecule has 0 aliphatic rings. The SMILES string of the molecule is COc1ccc(CC(=O)Nc2ccc(C(=O)NCc3ccccc3F)cc2)cc1. The van der Waals surface area contributed by atoms with Crippen LogP contribution < -0.4 is 15.4 Å². The van der Waals surface area contributed by atoms with Gasteiger partial charge in [-0.25, -0.2) is 4.39 Å². The second kappa shape index (κ2) is 9.50. The molecule has 3 aromatic rings. The molecule has 3 aromatic carbocycles. The zero-order valence-electron chi connectivity index (χ0n) is 15.9. The highest BCUT2D eigenvalue weighted by molar-refractivity contribution is 5.96. The maximum Gasteiger partial charge on any atom is 0.251 e. The molecule has 0 saturated heterocycles. The maximum absolute atomic E-state index is 13.6. The highest BCUT2D eigenvalue weighted by atomic mass is 19.1. The normalized spacial score (nSPS) is 10.3. The summed E-state index contributed by atoms with van der Waals surface area (Å²) in [4.78, 5) is 24.4. The van der Waals surface area contributed by atoms with Crippen molar-refractivity contribution in [2.24, 2.45) is 0 Å². The van der Waals surface area contributed by atoms with E-state index in [9.17, 15) is 14.0 Å². The van der Waals surface area contributed by atoms with Crippen molar-refractivity contribution in [2.75, 3.05) is 12.4 Å². The number of carbonyl (C=O) groups excluding carboxylic acids is 2. The van der Waals surface area contributed by atoms with Crippen molar-refractivity contribution in [3.63, 3.8) is 0 Å². The number of anilines is 1. The summed E-state index contributed by atoms with van der Waals surface area (Å²) in [7, 11) is 1.59. The first-order valence-electron chi connectivity index (χ1n) is 9.09. The lowest BCUT2D eigenvalue weighted by Crippen LogP contribution is -2.23. The van der Waals surface area contributed by atoms with Gasteiger partial charge in [-0.1, -0.05) is 30.3 Å². The minimum atomic E-state index is -0.359. The van der Waals surface area contributed by atoms with E-state index in [1.165, 1.54) is 6.07 Å². The molecule has 0 aliphatic carbocycles. The van der Waals surface area contributed by atoms with Gasteiger partial charge in [-0.15, -0.1) is 0 Å². The number of ether oxygens (including phenoxy) is 1. The summed E-state index contributed by atoms with van der Waals surface area (Å²) in [6.45, 7) is 0.103. The Balaban J connectivity index is 1.52. The Morgan fingerprint density at radius 2 is 1.62 bits per heavy atom. The van der Waals surface area contributed by atoms with E-state index in [0.717, 1.165) is 11.3 Å². The summed E-state index contributed by atoms with van der Waals surface area (Å²) in [5, 5.41) is 5.48. The molecule has 0 saturated carbocycles. The number of rotatable bonds is 7. The average Bonchev–Trinajstić information content (AvgIpc) is 2.74. The molecule has 5 nitrogen and oxygen atoms in total. The maximum atomic E-state index is 13.6. The van der Waals surface area contributed by atoms with Crippen molar-refractivity contribution in [1.82, 2.24) is 5.32 Å². The Labute approximate surface area is 168 Å². The van der Waals surface area contributed by atoms with Gasteiger partial charge in [-0.2, -0.15) is 0 Å². The van der Waals surface area contributed by atoms with Crippen LogP contribution >= 0.6 is 0 Å². The number of carbonyl (C=O) groups is 2. The fourth-order valence-electron chi connectivity index (χ4n) is 2.76. The Bertz CT molecular complexity index is 986. The number of benzene rings is 3. The molecule has 0 fully saturated rings. The second-order valence-corrected chi connectivity index (χ2v) is 6.42. The predicted octanol–water partition coefficient (Wildman–Crippen LogP) is 3.95. The Morgan fingerprint density at radius 1 is 0.931 bits per heavy atom. The first-order valence-corrected chi connectivity index (χ1v) is 9.09. The van der Waals surface area contributed by atoms with Crippen LogP contribution in [-0.4, -0.2) is 18.9 Å². The van der Waals surface area contributed by atoms with E-state index in [1.807, 2.05) is 12.1 Å². The molecule has 0 heterocycles. The van der Waals surface area contributed by atoms with Crippen LogP contribution in [0.4, 0.5) is 10.1 Å². The van der Waals surface area contributed by atoms with Gasteiger partial charge in [0.1, 0.15) is 11.6 Å². The molecular formula is C23H21FN2O3. The summed E-state index contributed by atoms with van der Waals surface area (Å²) >= 11 is 0. The van der Waals surface area contributed by atoms with E-state index >= 15 is 0 Å². The van der Waals surface area contributed by atoms with E-state index in [0.29, 0.717) is 16.8 Å². The van der Waals surface area contributed by atoms with Crippen LogP contribution in [-0.2, 0) is 17.8 Å². The van der Waals surface area contributed by atoms with Crippen LogP contribution in [0.1, 0.15) is 21.5 Å². The van der Waals surface area contributed by atoms with Gasteiger partial charge in [0.2, 0.25) is 5.91 Å². The zero-order valence-corrected chi connectivity index (χ0v) is 15.9. The van der Waals surface area contributed by atoms with Crippen molar-refractivity contribution in [1.29, 1.82) is 0 Å². The highest BCUT2D eigenvalue weighted by Gasteiger charge is 2.09. The van der Waals surface area contributed by atoms with Gasteiger partial charge in [-0.3, -0.25) is 9.59 Å². The standard InChI is InChI=1S/C23H21FN2O3/c1-29-20-12-6-16(7-13-20)14-22(27)26-19-10-8-17(9-11-19)23(28)25-15-18-4-2-3-5-21(18)24/h2-13H,14-15H2,1H3,(H,25,28)(H,26,27). The summed E-state index contributed by atoms with van der Waals surface area (Å²) in [5.74, 6) is -0.1000. The number of methoxy groups -OCH3 is 1. The molecule has 0 bridgehead atoms. The van der Waals surface area contributed by atoms with Gasteiger partial charge >= 0.3 is 0 Å². The summed E-state index contributed by atoms with van der Waals surface area (Å²) < 4.78 is 18.7. The third-order valence-electron chi connectivity index (χ3n) is 4.35. The molecule has 148 valence electrons. The van der Waals surface area contributed by atoms with Crippen molar-refractivity contribution >= 4 is 17.5 Å². The van der Waals surface area contributed by atoms with Crippen LogP contribution in [0, 0.1) is 5.82 Å². The molecule has 0 atom stereocenters. The number of amides is 2. The number of halogens is 1. The topological polar surface area (TPSA) is 67.4 Å². The highest BCUT2D eigenvalue weighted by Crippen LogP contribution is 2.14. The third kappa shape index (κ3) is 5.65. The quantitative estimate of drug-likeness (QED) is 0.640. The fourth-order valence-corrected chi connectivity index (χ4v) is 2.76. The molecule has 6 heteroatoms. The summed E-state index contributed by atoms with van der Waals surface area (Å²) in [6.07, 6.45) is 0.231. The lowest BCUT2D eigenvalue weighted by Gasteiger charge is -2.08. The van der Waals surface area contributed by atoms with Gasteiger partial charge in [0.15, 0.2) is 0 Å². The van der Waals surface area contributed by atoms with Crippen molar-refractivity contribution in [2.45, 2.75) is 13.0 Å². The Morgan fingerprint density at radius 3 is 2.28 bits per heavy atom. The minimum Gasteiger partial charge on any atom is -0.497 e. The lowest BCUT2D eigenvalue weighted by atomic mass is 10.1. The molecule has 0 unspecified atom stereocenters. The first kappa shape index (κ1) is 20.1. The van der Waals surface area contributed by atoms with E-state index in [-0.39, 0.29) is 30.6 Å². The molecule has 2 N–H and O–H groups in total. The molecule has 0 radical (unpaired) electrons. The van der Waals surface area contributed by atoms with Gasteiger partial charge in [0, 0.05) is 23.4 Å². The smallest absolute Gasteiger partial charge is 0.251 e. The number of hydrogen-bond donors (Lipinski definition) is 2. The largest absolute Gasteiger partial charge is 0.497 e. The van der Waals surface area contributed by atoms with Crippen LogP contribution in [0.25, 0.3) is 0 Å².